The molecule has 7 heteroatoms. The molecule has 0 aliphatic heterocycles. The Morgan fingerprint density at radius 3 is 2.38 bits per heavy atom. The number of rotatable bonds is 10. The predicted octanol–water partition coefficient (Wildman–Crippen LogP) is 1.87. The van der Waals surface area contributed by atoms with Crippen molar-refractivity contribution in [3.63, 3.8) is 0 Å². The number of carbonyl (C=O) groups excluding carboxylic acids is 1. The van der Waals surface area contributed by atoms with Crippen LogP contribution in [0.4, 0.5) is 5.69 Å². The summed E-state index contributed by atoms with van der Waals surface area (Å²) in [5.41, 5.74) is 6.54. The van der Waals surface area contributed by atoms with Crippen LogP contribution in [-0.4, -0.2) is 52.7 Å². The fourth-order valence-corrected chi connectivity index (χ4v) is 1.84. The molecule has 1 aromatic rings. The maximum atomic E-state index is 11.8. The van der Waals surface area contributed by atoms with Gasteiger partial charge >= 0.3 is 5.97 Å². The van der Waals surface area contributed by atoms with E-state index in [4.69, 9.17) is 24.7 Å². The number of ether oxygens (including phenoxy) is 4. The molecule has 0 spiro atoms. The highest BCUT2D eigenvalue weighted by Gasteiger charge is 2.11. The molecular formula is C14H20BrNO5. The highest BCUT2D eigenvalue weighted by Crippen LogP contribution is 2.20. The molecule has 21 heavy (non-hydrogen) atoms. The molecule has 118 valence electrons. The van der Waals surface area contributed by atoms with Gasteiger partial charge in [-0.15, -0.1) is 0 Å². The molecule has 0 saturated heterocycles. The Morgan fingerprint density at radius 2 is 1.71 bits per heavy atom. The van der Waals surface area contributed by atoms with Gasteiger partial charge in [-0.3, -0.25) is 0 Å². The number of hydrogen-bond acceptors (Lipinski definition) is 6. The summed E-state index contributed by atoms with van der Waals surface area (Å²) in [7, 11) is 1.62. The number of hydrogen-bond donors (Lipinski definition) is 1. The third-order valence-electron chi connectivity index (χ3n) is 2.47. The van der Waals surface area contributed by atoms with E-state index in [1.165, 1.54) is 0 Å². The summed E-state index contributed by atoms with van der Waals surface area (Å²) in [5, 5.41) is 0. The zero-order valence-corrected chi connectivity index (χ0v) is 13.6. The lowest BCUT2D eigenvalue weighted by Crippen LogP contribution is -2.14. The van der Waals surface area contributed by atoms with Crippen molar-refractivity contribution in [2.75, 3.05) is 52.5 Å². The van der Waals surface area contributed by atoms with E-state index < -0.39 is 5.97 Å². The smallest absolute Gasteiger partial charge is 0.339 e. The summed E-state index contributed by atoms with van der Waals surface area (Å²) < 4.78 is 21.1. The lowest BCUT2D eigenvalue weighted by atomic mass is 10.2. The average Bonchev–Trinajstić information content (AvgIpc) is 2.48. The lowest BCUT2D eigenvalue weighted by molar-refractivity contribution is 0.00567. The first-order chi connectivity index (χ1) is 10.1. The first-order valence-electron chi connectivity index (χ1n) is 6.51. The van der Waals surface area contributed by atoms with Crippen LogP contribution in [-0.2, 0) is 18.9 Å². The molecule has 1 rings (SSSR count). The van der Waals surface area contributed by atoms with Gasteiger partial charge in [0.25, 0.3) is 0 Å². The van der Waals surface area contributed by atoms with Gasteiger partial charge < -0.3 is 24.7 Å². The highest BCUT2D eigenvalue weighted by atomic mass is 79.9. The van der Waals surface area contributed by atoms with Crippen molar-refractivity contribution < 1.29 is 23.7 Å². The predicted molar refractivity (Wildman–Crippen MR) is 82.4 cm³/mol. The van der Waals surface area contributed by atoms with Gasteiger partial charge in [-0.25, -0.2) is 4.79 Å². The minimum Gasteiger partial charge on any atom is -0.460 e. The van der Waals surface area contributed by atoms with Gasteiger partial charge in [0.2, 0.25) is 0 Å². The normalized spacial score (nSPS) is 10.6. The van der Waals surface area contributed by atoms with E-state index in [1.54, 1.807) is 25.3 Å². The minimum atomic E-state index is -0.436. The van der Waals surface area contributed by atoms with Crippen LogP contribution in [0.25, 0.3) is 0 Å². The quantitative estimate of drug-likeness (QED) is 0.389. The van der Waals surface area contributed by atoms with E-state index in [0.29, 0.717) is 48.8 Å². The number of benzene rings is 1. The van der Waals surface area contributed by atoms with E-state index in [2.05, 4.69) is 15.9 Å². The van der Waals surface area contributed by atoms with Gasteiger partial charge in [-0.1, -0.05) is 0 Å². The zero-order valence-electron chi connectivity index (χ0n) is 12.0. The number of nitrogens with two attached hydrogens (primary N) is 1. The number of carbonyl (C=O) groups is 1. The topological polar surface area (TPSA) is 80.0 Å². The fraction of sp³-hybridized carbons (Fsp3) is 0.500. The van der Waals surface area contributed by atoms with Crippen LogP contribution < -0.4 is 5.73 Å². The Labute approximate surface area is 132 Å². The van der Waals surface area contributed by atoms with E-state index in [1.807, 2.05) is 0 Å². The third kappa shape index (κ3) is 7.42. The Kier molecular flexibility index (Phi) is 9.00. The monoisotopic (exact) mass is 361 g/mol. The molecule has 0 aromatic heterocycles. The van der Waals surface area contributed by atoms with Crippen LogP contribution >= 0.6 is 15.9 Å². The fourth-order valence-electron chi connectivity index (χ4n) is 1.43. The van der Waals surface area contributed by atoms with Crippen molar-refractivity contribution in [3.05, 3.63) is 28.2 Å². The second-order valence-electron chi connectivity index (χ2n) is 4.09. The van der Waals surface area contributed by atoms with E-state index in [0.717, 1.165) is 0 Å². The molecule has 0 fully saturated rings. The molecule has 0 radical (unpaired) electrons. The summed E-state index contributed by atoms with van der Waals surface area (Å²) >= 11 is 3.28. The van der Waals surface area contributed by atoms with Gasteiger partial charge in [0, 0.05) is 17.3 Å². The minimum absolute atomic E-state index is 0.179. The zero-order chi connectivity index (χ0) is 15.5. The average molecular weight is 362 g/mol. The van der Waals surface area contributed by atoms with Crippen molar-refractivity contribution in [1.29, 1.82) is 0 Å². The molecule has 0 heterocycles. The van der Waals surface area contributed by atoms with Gasteiger partial charge in [0.15, 0.2) is 0 Å². The highest BCUT2D eigenvalue weighted by molar-refractivity contribution is 9.10. The summed E-state index contributed by atoms with van der Waals surface area (Å²) in [4.78, 5) is 11.8. The lowest BCUT2D eigenvalue weighted by Gasteiger charge is -2.08. The Hall–Kier alpha value is -1.15. The molecule has 0 amide bonds. The van der Waals surface area contributed by atoms with Crippen LogP contribution in [0, 0.1) is 0 Å². The standard InChI is InChI=1S/C14H20BrNO5/c1-18-4-5-19-6-7-20-8-9-21-14(17)12-10-11(16)2-3-13(12)15/h2-3,10H,4-9,16H2,1H3. The molecule has 6 nitrogen and oxygen atoms in total. The third-order valence-corrected chi connectivity index (χ3v) is 3.17. The summed E-state index contributed by atoms with van der Waals surface area (Å²) in [6, 6.07) is 4.98. The number of methoxy groups -OCH3 is 1. The number of anilines is 1. The Balaban J connectivity index is 2.12. The maximum Gasteiger partial charge on any atom is 0.339 e. The molecule has 0 unspecified atom stereocenters. The van der Waals surface area contributed by atoms with Gasteiger partial charge in [0.1, 0.15) is 6.61 Å². The summed E-state index contributed by atoms with van der Waals surface area (Å²) in [5.74, 6) is -0.436. The van der Waals surface area contributed by atoms with E-state index >= 15 is 0 Å². The van der Waals surface area contributed by atoms with Crippen LogP contribution in [0.3, 0.4) is 0 Å². The first kappa shape index (κ1) is 17.9. The first-order valence-corrected chi connectivity index (χ1v) is 7.31. The van der Waals surface area contributed by atoms with Gasteiger partial charge in [-0.05, 0) is 34.1 Å². The van der Waals surface area contributed by atoms with Crippen molar-refractivity contribution in [2.45, 2.75) is 0 Å². The number of esters is 1. The van der Waals surface area contributed by atoms with Crippen LogP contribution in [0.15, 0.2) is 22.7 Å². The van der Waals surface area contributed by atoms with E-state index in [-0.39, 0.29) is 6.61 Å². The van der Waals surface area contributed by atoms with Crippen molar-refractivity contribution in [2.24, 2.45) is 0 Å². The van der Waals surface area contributed by atoms with Crippen LogP contribution in [0.1, 0.15) is 10.4 Å². The second kappa shape index (κ2) is 10.6. The molecule has 1 aromatic carbocycles. The maximum absolute atomic E-state index is 11.8. The van der Waals surface area contributed by atoms with Gasteiger partial charge in [-0.2, -0.15) is 0 Å². The molecule has 0 saturated carbocycles. The number of halogens is 1. The van der Waals surface area contributed by atoms with E-state index in [9.17, 15) is 4.79 Å². The SMILES string of the molecule is COCCOCCOCCOC(=O)c1cc(N)ccc1Br. The van der Waals surface area contributed by atoms with Crippen molar-refractivity contribution >= 4 is 27.6 Å². The molecule has 0 bridgehead atoms. The van der Waals surface area contributed by atoms with Crippen LogP contribution in [0.2, 0.25) is 0 Å². The summed E-state index contributed by atoms with van der Waals surface area (Å²) in [6.07, 6.45) is 0. The van der Waals surface area contributed by atoms with Crippen molar-refractivity contribution in [3.8, 4) is 0 Å². The largest absolute Gasteiger partial charge is 0.460 e. The molecule has 0 aliphatic carbocycles. The molecule has 0 aliphatic rings. The second-order valence-corrected chi connectivity index (χ2v) is 4.95. The molecule has 0 atom stereocenters. The Morgan fingerprint density at radius 1 is 1.10 bits per heavy atom. The van der Waals surface area contributed by atoms with Crippen molar-refractivity contribution in [1.82, 2.24) is 0 Å². The molecular weight excluding hydrogens is 342 g/mol. The van der Waals surface area contributed by atoms with Gasteiger partial charge in [0.05, 0.1) is 38.6 Å². The number of nitrogen functional groups attached to an aromatic ring is 1. The van der Waals surface area contributed by atoms with Crippen LogP contribution in [0.5, 0.6) is 0 Å². The Bertz CT molecular complexity index is 441. The summed E-state index contributed by atoms with van der Waals surface area (Å²) in [6.45, 7) is 2.53. The molecule has 2 N–H and O–H groups in total.